The molecular weight excluding hydrogens is 241 g/mol. The molecule has 0 unspecified atom stereocenters. The van der Waals surface area contributed by atoms with E-state index in [-0.39, 0.29) is 5.82 Å². The molecule has 0 fully saturated rings. The molecule has 5 nitrogen and oxygen atoms in total. The summed E-state index contributed by atoms with van der Waals surface area (Å²) in [5, 5.41) is 14.9. The Kier molecular flexibility index (Phi) is 3.92. The van der Waals surface area contributed by atoms with Gasteiger partial charge in [-0.25, -0.2) is 9.07 Å². The molecule has 1 heterocycles. The van der Waals surface area contributed by atoms with Crippen molar-refractivity contribution >= 4 is 17.4 Å². The Balaban J connectivity index is 1.77. The van der Waals surface area contributed by atoms with E-state index in [1.807, 2.05) is 0 Å². The lowest BCUT2D eigenvalue weighted by Gasteiger charge is -2.06. The molecule has 7 heteroatoms. The fourth-order valence-corrected chi connectivity index (χ4v) is 1.98. The minimum atomic E-state index is -0.238. The molecule has 0 aliphatic heterocycles. The number of rotatable bonds is 5. The van der Waals surface area contributed by atoms with Crippen molar-refractivity contribution in [3.8, 4) is 0 Å². The van der Waals surface area contributed by atoms with Gasteiger partial charge in [0.2, 0.25) is 5.16 Å². The quantitative estimate of drug-likeness (QED) is 0.647. The number of tetrazole rings is 1. The lowest BCUT2D eigenvalue weighted by molar-refractivity contribution is 0.630. The van der Waals surface area contributed by atoms with Crippen molar-refractivity contribution in [1.82, 2.24) is 20.2 Å². The number of para-hydroxylation sites is 1. The first-order valence-electron chi connectivity index (χ1n) is 5.11. The Bertz CT molecular complexity index is 487. The summed E-state index contributed by atoms with van der Waals surface area (Å²) in [5.41, 5.74) is 0.518. The van der Waals surface area contributed by atoms with Crippen molar-refractivity contribution in [3.63, 3.8) is 0 Å². The van der Waals surface area contributed by atoms with Gasteiger partial charge >= 0.3 is 0 Å². The summed E-state index contributed by atoms with van der Waals surface area (Å²) in [4.78, 5) is 0. The Morgan fingerprint density at radius 2 is 2.24 bits per heavy atom. The van der Waals surface area contributed by atoms with Gasteiger partial charge < -0.3 is 5.32 Å². The fourth-order valence-electron chi connectivity index (χ4n) is 1.28. The Morgan fingerprint density at radius 1 is 1.41 bits per heavy atom. The number of aryl methyl sites for hydroxylation is 1. The first-order valence-corrected chi connectivity index (χ1v) is 6.09. The smallest absolute Gasteiger partial charge is 0.209 e. The average Bonchev–Trinajstić information content (AvgIpc) is 2.73. The predicted molar refractivity (Wildman–Crippen MR) is 64.4 cm³/mol. The maximum Gasteiger partial charge on any atom is 0.209 e. The number of hydrogen-bond acceptors (Lipinski definition) is 5. The van der Waals surface area contributed by atoms with Gasteiger partial charge in [0.15, 0.2) is 0 Å². The number of nitrogens with one attached hydrogen (secondary N) is 1. The summed E-state index contributed by atoms with van der Waals surface area (Å²) in [5.74, 6) is 0.528. The van der Waals surface area contributed by atoms with E-state index in [2.05, 4.69) is 20.8 Å². The highest BCUT2D eigenvalue weighted by Crippen LogP contribution is 2.14. The third kappa shape index (κ3) is 3.16. The number of halogens is 1. The van der Waals surface area contributed by atoms with Gasteiger partial charge in [0.05, 0.1) is 5.69 Å². The Hall–Kier alpha value is -1.63. The molecule has 2 aromatic rings. The molecule has 90 valence electrons. The minimum absolute atomic E-state index is 0.238. The van der Waals surface area contributed by atoms with Crippen LogP contribution in [-0.2, 0) is 7.05 Å². The molecule has 2 rings (SSSR count). The summed E-state index contributed by atoms with van der Waals surface area (Å²) in [6.07, 6.45) is 0. The van der Waals surface area contributed by atoms with E-state index >= 15 is 0 Å². The third-order valence-electron chi connectivity index (χ3n) is 2.10. The lowest BCUT2D eigenvalue weighted by atomic mass is 10.3. The summed E-state index contributed by atoms with van der Waals surface area (Å²) >= 11 is 1.52. The van der Waals surface area contributed by atoms with E-state index in [1.165, 1.54) is 17.8 Å². The van der Waals surface area contributed by atoms with E-state index in [1.54, 1.807) is 29.9 Å². The van der Waals surface area contributed by atoms with Crippen LogP contribution < -0.4 is 5.32 Å². The zero-order valence-corrected chi connectivity index (χ0v) is 10.1. The van der Waals surface area contributed by atoms with Crippen molar-refractivity contribution in [2.24, 2.45) is 7.05 Å². The second kappa shape index (κ2) is 5.62. The number of hydrogen-bond donors (Lipinski definition) is 1. The van der Waals surface area contributed by atoms with Crippen LogP contribution in [0.3, 0.4) is 0 Å². The molecule has 0 aliphatic rings. The molecule has 0 saturated heterocycles. The second-order valence-corrected chi connectivity index (χ2v) is 4.40. The van der Waals surface area contributed by atoms with Crippen LogP contribution in [0.4, 0.5) is 10.1 Å². The van der Waals surface area contributed by atoms with Gasteiger partial charge in [-0.3, -0.25) is 0 Å². The van der Waals surface area contributed by atoms with E-state index in [0.29, 0.717) is 12.2 Å². The van der Waals surface area contributed by atoms with Crippen molar-refractivity contribution in [2.75, 3.05) is 17.6 Å². The lowest BCUT2D eigenvalue weighted by Crippen LogP contribution is -2.06. The molecule has 0 bridgehead atoms. The monoisotopic (exact) mass is 253 g/mol. The van der Waals surface area contributed by atoms with Gasteiger partial charge in [-0.05, 0) is 22.6 Å². The topological polar surface area (TPSA) is 55.6 Å². The predicted octanol–water partition coefficient (Wildman–Crippen LogP) is 1.55. The van der Waals surface area contributed by atoms with Crippen LogP contribution in [0.25, 0.3) is 0 Å². The summed E-state index contributed by atoms with van der Waals surface area (Å²) in [6.45, 7) is 0.651. The van der Waals surface area contributed by atoms with Crippen molar-refractivity contribution in [2.45, 2.75) is 5.16 Å². The molecule has 0 spiro atoms. The van der Waals surface area contributed by atoms with Crippen LogP contribution in [0, 0.1) is 5.82 Å². The van der Waals surface area contributed by atoms with Crippen LogP contribution in [0.2, 0.25) is 0 Å². The first-order chi connectivity index (χ1) is 8.27. The molecule has 1 N–H and O–H groups in total. The SMILES string of the molecule is Cn1nnnc1SCCNc1ccccc1F. The molecule has 1 aromatic carbocycles. The molecule has 1 aromatic heterocycles. The number of thioether (sulfide) groups is 1. The normalized spacial score (nSPS) is 10.5. The molecule has 17 heavy (non-hydrogen) atoms. The van der Waals surface area contributed by atoms with Gasteiger partial charge in [-0.15, -0.1) is 5.10 Å². The zero-order chi connectivity index (χ0) is 12.1. The summed E-state index contributed by atoms with van der Waals surface area (Å²) in [6, 6.07) is 6.61. The summed E-state index contributed by atoms with van der Waals surface area (Å²) < 4.78 is 14.9. The van der Waals surface area contributed by atoms with Crippen LogP contribution in [0.5, 0.6) is 0 Å². The Morgan fingerprint density at radius 3 is 2.94 bits per heavy atom. The van der Waals surface area contributed by atoms with Crippen molar-refractivity contribution < 1.29 is 4.39 Å². The van der Waals surface area contributed by atoms with Crippen molar-refractivity contribution in [3.05, 3.63) is 30.1 Å². The van der Waals surface area contributed by atoms with E-state index in [4.69, 9.17) is 0 Å². The highest BCUT2D eigenvalue weighted by atomic mass is 32.2. The largest absolute Gasteiger partial charge is 0.382 e. The summed E-state index contributed by atoms with van der Waals surface area (Å²) in [7, 11) is 1.78. The molecule has 0 atom stereocenters. The number of nitrogens with zero attached hydrogens (tertiary/aromatic N) is 4. The second-order valence-electron chi connectivity index (χ2n) is 3.34. The van der Waals surface area contributed by atoms with Gasteiger partial charge in [-0.1, -0.05) is 23.9 Å². The van der Waals surface area contributed by atoms with Gasteiger partial charge in [0, 0.05) is 19.3 Å². The average molecular weight is 253 g/mol. The minimum Gasteiger partial charge on any atom is -0.382 e. The van der Waals surface area contributed by atoms with Crippen LogP contribution in [0.15, 0.2) is 29.4 Å². The molecule has 0 radical (unpaired) electrons. The van der Waals surface area contributed by atoms with Crippen molar-refractivity contribution in [1.29, 1.82) is 0 Å². The zero-order valence-electron chi connectivity index (χ0n) is 9.30. The molecule has 0 amide bonds. The van der Waals surface area contributed by atoms with Gasteiger partial charge in [0.1, 0.15) is 5.82 Å². The molecule has 0 aliphatic carbocycles. The maximum absolute atomic E-state index is 13.2. The number of anilines is 1. The number of aromatic nitrogens is 4. The van der Waals surface area contributed by atoms with Crippen LogP contribution in [-0.4, -0.2) is 32.5 Å². The highest BCUT2D eigenvalue weighted by molar-refractivity contribution is 7.99. The van der Waals surface area contributed by atoms with E-state index in [0.717, 1.165) is 10.9 Å². The van der Waals surface area contributed by atoms with E-state index in [9.17, 15) is 4.39 Å². The van der Waals surface area contributed by atoms with Crippen LogP contribution >= 0.6 is 11.8 Å². The van der Waals surface area contributed by atoms with Crippen LogP contribution in [0.1, 0.15) is 0 Å². The Labute approximate surface area is 102 Å². The van der Waals surface area contributed by atoms with E-state index < -0.39 is 0 Å². The number of benzene rings is 1. The first kappa shape index (κ1) is 11.8. The highest BCUT2D eigenvalue weighted by Gasteiger charge is 2.03. The standard InChI is InChI=1S/C10H12FN5S/c1-16-10(13-14-15-16)17-7-6-12-9-5-3-2-4-8(9)11/h2-5,12H,6-7H2,1H3. The third-order valence-corrected chi connectivity index (χ3v) is 3.12. The van der Waals surface area contributed by atoms with Gasteiger partial charge in [0.25, 0.3) is 0 Å². The fraction of sp³-hybridized carbons (Fsp3) is 0.300. The maximum atomic E-state index is 13.2. The molecule has 0 saturated carbocycles. The molecular formula is C10H12FN5S. The van der Waals surface area contributed by atoms with Gasteiger partial charge in [-0.2, -0.15) is 0 Å².